The van der Waals surface area contributed by atoms with E-state index >= 15 is 0 Å². The highest BCUT2D eigenvalue weighted by Crippen LogP contribution is 2.38. The van der Waals surface area contributed by atoms with Gasteiger partial charge in [0.2, 0.25) is 0 Å². The SMILES string of the molecule is COC(=O)c1c(-c2c(Cl)cccc2Cl)[nH]c(C)c1C(C)=O. The smallest absolute Gasteiger partial charge is 0.340 e. The second kappa shape index (κ2) is 5.92. The van der Waals surface area contributed by atoms with E-state index in [1.807, 2.05) is 0 Å². The van der Waals surface area contributed by atoms with Crippen LogP contribution in [0.15, 0.2) is 18.2 Å². The van der Waals surface area contributed by atoms with E-state index in [-0.39, 0.29) is 16.9 Å². The number of ether oxygens (including phenoxy) is 1. The lowest BCUT2D eigenvalue weighted by atomic mass is 10.0. The van der Waals surface area contributed by atoms with Crippen LogP contribution in [0.25, 0.3) is 11.3 Å². The number of aromatic nitrogens is 1. The molecule has 0 spiro atoms. The Morgan fingerprint density at radius 1 is 1.14 bits per heavy atom. The van der Waals surface area contributed by atoms with Crippen molar-refractivity contribution in [1.82, 2.24) is 4.98 Å². The van der Waals surface area contributed by atoms with Gasteiger partial charge in [0, 0.05) is 11.3 Å². The molecular formula is C15H13Cl2NO3. The average Bonchev–Trinajstić information content (AvgIpc) is 2.75. The second-order valence-corrected chi connectivity index (χ2v) is 5.33. The Morgan fingerprint density at radius 2 is 1.71 bits per heavy atom. The molecule has 0 saturated carbocycles. The third-order valence-corrected chi connectivity index (χ3v) is 3.77. The molecule has 0 atom stereocenters. The summed E-state index contributed by atoms with van der Waals surface area (Å²) in [5, 5.41) is 0.757. The first-order valence-electron chi connectivity index (χ1n) is 6.14. The largest absolute Gasteiger partial charge is 0.465 e. The molecule has 0 aliphatic heterocycles. The Morgan fingerprint density at radius 3 is 2.19 bits per heavy atom. The second-order valence-electron chi connectivity index (χ2n) is 4.52. The topological polar surface area (TPSA) is 59.2 Å². The van der Waals surface area contributed by atoms with E-state index in [1.54, 1.807) is 25.1 Å². The van der Waals surface area contributed by atoms with E-state index in [0.717, 1.165) is 0 Å². The van der Waals surface area contributed by atoms with Crippen molar-refractivity contribution in [2.75, 3.05) is 7.11 Å². The van der Waals surface area contributed by atoms with Gasteiger partial charge in [-0.05, 0) is 26.0 Å². The molecule has 1 aromatic carbocycles. The standard InChI is InChI=1S/C15H13Cl2NO3/c1-7-11(8(2)19)13(15(20)21-3)14(18-7)12-9(16)5-4-6-10(12)17/h4-6,18H,1-3H3. The fourth-order valence-corrected chi connectivity index (χ4v) is 2.88. The van der Waals surface area contributed by atoms with Gasteiger partial charge in [-0.1, -0.05) is 29.3 Å². The maximum Gasteiger partial charge on any atom is 0.340 e. The van der Waals surface area contributed by atoms with Gasteiger partial charge in [-0.15, -0.1) is 0 Å². The van der Waals surface area contributed by atoms with Crippen LogP contribution in [0, 0.1) is 6.92 Å². The summed E-state index contributed by atoms with van der Waals surface area (Å²) in [6.45, 7) is 3.10. The van der Waals surface area contributed by atoms with Crippen molar-refractivity contribution in [3.05, 3.63) is 45.1 Å². The number of esters is 1. The van der Waals surface area contributed by atoms with Gasteiger partial charge in [-0.25, -0.2) is 4.79 Å². The molecule has 0 bridgehead atoms. The number of rotatable bonds is 3. The van der Waals surface area contributed by atoms with Crippen LogP contribution >= 0.6 is 23.2 Å². The van der Waals surface area contributed by atoms with Crippen LogP contribution in [0.5, 0.6) is 0 Å². The Hall–Kier alpha value is -1.78. The quantitative estimate of drug-likeness (QED) is 0.676. The van der Waals surface area contributed by atoms with Gasteiger partial charge in [-0.2, -0.15) is 0 Å². The van der Waals surface area contributed by atoms with Gasteiger partial charge < -0.3 is 9.72 Å². The highest BCUT2D eigenvalue weighted by molar-refractivity contribution is 6.39. The molecule has 0 radical (unpaired) electrons. The highest BCUT2D eigenvalue weighted by atomic mass is 35.5. The van der Waals surface area contributed by atoms with Crippen LogP contribution in [-0.4, -0.2) is 23.8 Å². The minimum absolute atomic E-state index is 0.150. The predicted molar refractivity (Wildman–Crippen MR) is 82.3 cm³/mol. The molecule has 0 saturated heterocycles. The summed E-state index contributed by atoms with van der Waals surface area (Å²) in [6, 6.07) is 5.02. The van der Waals surface area contributed by atoms with Crippen LogP contribution in [0.4, 0.5) is 0 Å². The van der Waals surface area contributed by atoms with E-state index in [4.69, 9.17) is 27.9 Å². The van der Waals surface area contributed by atoms with Crippen molar-refractivity contribution in [1.29, 1.82) is 0 Å². The van der Waals surface area contributed by atoms with Crippen molar-refractivity contribution >= 4 is 35.0 Å². The average molecular weight is 326 g/mol. The molecule has 1 aromatic heterocycles. The number of benzene rings is 1. The van der Waals surface area contributed by atoms with Crippen molar-refractivity contribution in [3.8, 4) is 11.3 Å². The third-order valence-electron chi connectivity index (χ3n) is 3.14. The molecule has 0 unspecified atom stereocenters. The van der Waals surface area contributed by atoms with Crippen molar-refractivity contribution in [2.45, 2.75) is 13.8 Å². The Kier molecular flexibility index (Phi) is 4.40. The van der Waals surface area contributed by atoms with Gasteiger partial charge in [0.1, 0.15) is 0 Å². The first-order chi connectivity index (χ1) is 9.88. The molecule has 0 fully saturated rings. The summed E-state index contributed by atoms with van der Waals surface area (Å²) >= 11 is 12.4. The Balaban J connectivity index is 2.84. The molecule has 0 aliphatic rings. The number of halogens is 2. The number of carbonyl (C=O) groups excluding carboxylic acids is 2. The summed E-state index contributed by atoms with van der Waals surface area (Å²) in [5.41, 5.74) is 1.86. The lowest BCUT2D eigenvalue weighted by Gasteiger charge is -2.08. The molecule has 6 heteroatoms. The lowest BCUT2D eigenvalue weighted by Crippen LogP contribution is -2.08. The van der Waals surface area contributed by atoms with Gasteiger partial charge in [0.05, 0.1) is 34.0 Å². The van der Waals surface area contributed by atoms with Gasteiger partial charge >= 0.3 is 5.97 Å². The van der Waals surface area contributed by atoms with E-state index in [1.165, 1.54) is 14.0 Å². The van der Waals surface area contributed by atoms with Crippen LogP contribution in [0.2, 0.25) is 10.0 Å². The van der Waals surface area contributed by atoms with Crippen LogP contribution in [0.3, 0.4) is 0 Å². The molecule has 1 heterocycles. The number of carbonyl (C=O) groups is 2. The minimum atomic E-state index is -0.615. The fraction of sp³-hybridized carbons (Fsp3) is 0.200. The summed E-state index contributed by atoms with van der Waals surface area (Å²) < 4.78 is 4.78. The summed E-state index contributed by atoms with van der Waals surface area (Å²) in [6.07, 6.45) is 0. The number of H-pyrrole nitrogens is 1. The van der Waals surface area contributed by atoms with Crippen LogP contribution < -0.4 is 0 Å². The number of ketones is 1. The Bertz CT molecular complexity index is 715. The van der Waals surface area contributed by atoms with E-state index in [9.17, 15) is 9.59 Å². The number of Topliss-reactive ketones (excluding diaryl/α,β-unsaturated/α-hetero) is 1. The van der Waals surface area contributed by atoms with Crippen molar-refractivity contribution < 1.29 is 14.3 Å². The van der Waals surface area contributed by atoms with Crippen molar-refractivity contribution in [3.63, 3.8) is 0 Å². The van der Waals surface area contributed by atoms with Crippen LogP contribution in [-0.2, 0) is 4.74 Å². The number of aryl methyl sites for hydroxylation is 1. The molecule has 0 amide bonds. The molecule has 4 nitrogen and oxygen atoms in total. The van der Waals surface area contributed by atoms with Gasteiger partial charge in [0.15, 0.2) is 5.78 Å². The highest BCUT2D eigenvalue weighted by Gasteiger charge is 2.27. The molecule has 1 N–H and O–H groups in total. The number of hydrogen-bond donors (Lipinski definition) is 1. The normalized spacial score (nSPS) is 10.5. The zero-order valence-corrected chi connectivity index (χ0v) is 13.2. The summed E-state index contributed by atoms with van der Waals surface area (Å²) in [7, 11) is 1.26. The molecule has 110 valence electrons. The molecule has 21 heavy (non-hydrogen) atoms. The van der Waals surface area contributed by atoms with E-state index in [0.29, 0.717) is 27.0 Å². The number of hydrogen-bond acceptors (Lipinski definition) is 3. The van der Waals surface area contributed by atoms with Gasteiger partial charge in [0.25, 0.3) is 0 Å². The number of nitrogens with one attached hydrogen (secondary N) is 1. The Labute approximate surface area is 132 Å². The first-order valence-corrected chi connectivity index (χ1v) is 6.90. The van der Waals surface area contributed by atoms with Gasteiger partial charge in [-0.3, -0.25) is 4.79 Å². The maximum absolute atomic E-state index is 12.1. The van der Waals surface area contributed by atoms with E-state index in [2.05, 4.69) is 4.98 Å². The predicted octanol–water partition coefficient (Wildman–Crippen LogP) is 4.29. The first kappa shape index (κ1) is 15.6. The van der Waals surface area contributed by atoms with Crippen molar-refractivity contribution in [2.24, 2.45) is 0 Å². The zero-order valence-electron chi connectivity index (χ0n) is 11.7. The lowest BCUT2D eigenvalue weighted by molar-refractivity contribution is 0.0598. The molecule has 0 aliphatic carbocycles. The van der Waals surface area contributed by atoms with Crippen LogP contribution in [0.1, 0.15) is 33.3 Å². The van der Waals surface area contributed by atoms with E-state index < -0.39 is 5.97 Å². The maximum atomic E-state index is 12.1. The molecule has 2 aromatic rings. The molecule has 2 rings (SSSR count). The fourth-order valence-electron chi connectivity index (χ4n) is 2.30. The summed E-state index contributed by atoms with van der Waals surface area (Å²) in [5.74, 6) is -0.853. The monoisotopic (exact) mass is 325 g/mol. The minimum Gasteiger partial charge on any atom is -0.465 e. The summed E-state index contributed by atoms with van der Waals surface area (Å²) in [4.78, 5) is 26.9. The third kappa shape index (κ3) is 2.69. The molecular weight excluding hydrogens is 313 g/mol. The zero-order chi connectivity index (χ0) is 15.7. The number of methoxy groups -OCH3 is 1. The number of aromatic amines is 1.